The first-order valence-electron chi connectivity index (χ1n) is 12.0. The number of aliphatic hydroxyl groups excluding tert-OH is 1. The van der Waals surface area contributed by atoms with E-state index in [4.69, 9.17) is 4.98 Å². The molecule has 2 aliphatic rings. The number of nitrogens with one attached hydrogen (secondary N) is 1. The zero-order chi connectivity index (χ0) is 26.5. The number of benzene rings is 2. The molecule has 192 valence electrons. The fourth-order valence-corrected chi connectivity index (χ4v) is 4.91. The maximum Gasteiger partial charge on any atom is 0.416 e. The molecule has 1 aliphatic carbocycles. The predicted molar refractivity (Wildman–Crippen MR) is 132 cm³/mol. The monoisotopic (exact) mass is 509 g/mol. The molecule has 2 heterocycles. The number of halogens is 3. The number of hydrogen-bond acceptors (Lipinski definition) is 4. The first-order valence-corrected chi connectivity index (χ1v) is 12.0. The smallest absolute Gasteiger partial charge is 0.378 e. The number of nitrogens with zero attached hydrogens (tertiary/aromatic N) is 2. The average Bonchev–Trinajstić information content (AvgIpc) is 3.69. The van der Waals surface area contributed by atoms with Crippen molar-refractivity contribution < 1.29 is 23.1 Å². The van der Waals surface area contributed by atoms with Gasteiger partial charge in [0.2, 0.25) is 0 Å². The van der Waals surface area contributed by atoms with Gasteiger partial charge in [0, 0.05) is 13.0 Å². The Morgan fingerprint density at radius 2 is 1.92 bits per heavy atom. The van der Waals surface area contributed by atoms with Gasteiger partial charge in [-0.05, 0) is 48.6 Å². The summed E-state index contributed by atoms with van der Waals surface area (Å²) in [6.07, 6.45) is -4.37. The number of aromatic amines is 1. The van der Waals surface area contributed by atoms with Gasteiger partial charge < -0.3 is 15.0 Å². The van der Waals surface area contributed by atoms with E-state index in [1.54, 1.807) is 0 Å². The maximum atomic E-state index is 13.1. The van der Waals surface area contributed by atoms with E-state index >= 15 is 0 Å². The number of aromatic nitrogens is 2. The molecule has 0 saturated heterocycles. The molecule has 37 heavy (non-hydrogen) atoms. The molecule has 1 amide bonds. The van der Waals surface area contributed by atoms with E-state index in [2.05, 4.69) is 17.6 Å². The van der Waals surface area contributed by atoms with Crippen LogP contribution in [-0.2, 0) is 29.4 Å². The van der Waals surface area contributed by atoms with Crippen LogP contribution in [0.5, 0.6) is 0 Å². The molecule has 6 nitrogen and oxygen atoms in total. The Morgan fingerprint density at radius 3 is 2.59 bits per heavy atom. The van der Waals surface area contributed by atoms with Gasteiger partial charge in [-0.3, -0.25) is 9.59 Å². The third kappa shape index (κ3) is 4.59. The van der Waals surface area contributed by atoms with Crippen molar-refractivity contribution >= 4 is 11.5 Å². The average molecular weight is 510 g/mol. The number of amides is 1. The van der Waals surface area contributed by atoms with E-state index in [-0.39, 0.29) is 29.6 Å². The third-order valence-electron chi connectivity index (χ3n) is 7.26. The van der Waals surface area contributed by atoms with Gasteiger partial charge in [-0.25, -0.2) is 4.98 Å². The highest BCUT2D eigenvalue weighted by atomic mass is 19.4. The number of aliphatic hydroxyl groups is 1. The van der Waals surface area contributed by atoms with E-state index in [1.165, 1.54) is 11.0 Å². The van der Waals surface area contributed by atoms with Crippen molar-refractivity contribution in [1.29, 1.82) is 0 Å². The highest BCUT2D eigenvalue weighted by Gasteiger charge is 2.49. The molecule has 0 spiro atoms. The molecule has 1 saturated carbocycles. The Morgan fingerprint density at radius 1 is 1.19 bits per heavy atom. The highest BCUT2D eigenvalue weighted by Crippen LogP contribution is 2.52. The quantitative estimate of drug-likeness (QED) is 0.530. The Balaban J connectivity index is 1.39. The number of rotatable bonds is 5. The van der Waals surface area contributed by atoms with Crippen LogP contribution in [-0.4, -0.2) is 32.4 Å². The van der Waals surface area contributed by atoms with Crippen LogP contribution in [0, 0.1) is 0 Å². The minimum absolute atomic E-state index is 0.0784. The first-order chi connectivity index (χ1) is 17.5. The van der Waals surface area contributed by atoms with Crippen LogP contribution >= 0.6 is 0 Å². The van der Waals surface area contributed by atoms with Crippen LogP contribution in [0.2, 0.25) is 0 Å². The van der Waals surface area contributed by atoms with Gasteiger partial charge in [0.1, 0.15) is 5.82 Å². The van der Waals surface area contributed by atoms with Crippen molar-refractivity contribution in [3.05, 3.63) is 105 Å². The molecule has 0 unspecified atom stereocenters. The van der Waals surface area contributed by atoms with Crippen LogP contribution in [0.15, 0.2) is 59.9 Å². The summed E-state index contributed by atoms with van der Waals surface area (Å²) in [6.45, 7) is 6.06. The SMILES string of the molecule is C=C(C)c1cccc(C2(c3nc4c(c(=O)[nH]3)CN(C(=O)[C@H](O)c3cccc(C(F)(F)F)c3)CC4)CC2)c1. The Bertz CT molecular complexity index is 1460. The van der Waals surface area contributed by atoms with Crippen LogP contribution in [0.25, 0.3) is 5.57 Å². The van der Waals surface area contributed by atoms with Crippen molar-refractivity contribution in [2.24, 2.45) is 0 Å². The molecule has 9 heteroatoms. The minimum Gasteiger partial charge on any atom is -0.378 e. The molecule has 2 aromatic carbocycles. The van der Waals surface area contributed by atoms with Gasteiger partial charge in [-0.1, -0.05) is 48.6 Å². The van der Waals surface area contributed by atoms with E-state index in [0.29, 0.717) is 23.5 Å². The van der Waals surface area contributed by atoms with Crippen molar-refractivity contribution in [2.45, 2.75) is 50.4 Å². The number of H-pyrrole nitrogens is 1. The normalized spacial score (nSPS) is 17.2. The summed E-state index contributed by atoms with van der Waals surface area (Å²) < 4.78 is 39.2. The molecule has 1 aromatic heterocycles. The molecule has 0 radical (unpaired) electrons. The van der Waals surface area contributed by atoms with E-state index < -0.39 is 23.8 Å². The molecule has 2 N–H and O–H groups in total. The summed E-state index contributed by atoms with van der Waals surface area (Å²) in [5.74, 6) is -0.164. The zero-order valence-corrected chi connectivity index (χ0v) is 20.2. The maximum absolute atomic E-state index is 13.1. The van der Waals surface area contributed by atoms with Gasteiger partial charge in [0.15, 0.2) is 6.10 Å². The number of carbonyl (C=O) groups is 1. The Hall–Kier alpha value is -3.72. The summed E-state index contributed by atoms with van der Waals surface area (Å²) in [7, 11) is 0. The number of alkyl halides is 3. The molecule has 5 rings (SSSR count). The Kier molecular flexibility index (Phi) is 6.06. The van der Waals surface area contributed by atoms with E-state index in [0.717, 1.165) is 47.7 Å². The lowest BCUT2D eigenvalue weighted by Crippen LogP contribution is -2.42. The standard InChI is InChI=1S/C28H26F3N3O3/c1-16(2)17-5-3-7-19(13-17)27(10-11-27)26-32-22-9-12-34(15-21(22)24(36)33-26)25(37)23(35)18-6-4-8-20(14-18)28(29,30)31/h3-8,13-14,23,35H,1,9-12,15H2,2H3,(H,32,33,36)/t23-/m1/s1. The molecule has 1 atom stereocenters. The van der Waals surface area contributed by atoms with Gasteiger partial charge in [-0.15, -0.1) is 0 Å². The summed E-state index contributed by atoms with van der Waals surface area (Å²) in [4.78, 5) is 35.0. The lowest BCUT2D eigenvalue weighted by molar-refractivity contribution is -0.142. The lowest BCUT2D eigenvalue weighted by Gasteiger charge is -2.30. The van der Waals surface area contributed by atoms with E-state index in [1.807, 2.05) is 25.1 Å². The van der Waals surface area contributed by atoms with Gasteiger partial charge in [0.05, 0.1) is 28.8 Å². The van der Waals surface area contributed by atoms with E-state index in [9.17, 15) is 27.9 Å². The molecule has 1 aliphatic heterocycles. The van der Waals surface area contributed by atoms with Crippen molar-refractivity contribution in [1.82, 2.24) is 14.9 Å². The largest absolute Gasteiger partial charge is 0.416 e. The second-order valence-electron chi connectivity index (χ2n) is 9.82. The number of allylic oxidation sites excluding steroid dienone is 1. The molecule has 1 fully saturated rings. The van der Waals surface area contributed by atoms with Gasteiger partial charge in [0.25, 0.3) is 11.5 Å². The summed E-state index contributed by atoms with van der Waals surface area (Å²) in [5, 5.41) is 10.5. The van der Waals surface area contributed by atoms with Crippen molar-refractivity contribution in [2.75, 3.05) is 6.54 Å². The summed E-state index contributed by atoms with van der Waals surface area (Å²) in [6, 6.07) is 12.1. The number of hydrogen-bond donors (Lipinski definition) is 2. The topological polar surface area (TPSA) is 86.3 Å². The zero-order valence-electron chi connectivity index (χ0n) is 20.2. The minimum atomic E-state index is -4.59. The second-order valence-corrected chi connectivity index (χ2v) is 9.82. The molecular weight excluding hydrogens is 483 g/mol. The van der Waals surface area contributed by atoms with Crippen LogP contribution in [0.1, 0.15) is 65.2 Å². The summed E-state index contributed by atoms with van der Waals surface area (Å²) >= 11 is 0. The van der Waals surface area contributed by atoms with Crippen molar-refractivity contribution in [3.8, 4) is 0 Å². The predicted octanol–water partition coefficient (Wildman–Crippen LogP) is 4.52. The number of carbonyl (C=O) groups excluding carboxylic acids is 1. The van der Waals surface area contributed by atoms with Gasteiger partial charge >= 0.3 is 6.18 Å². The summed E-state index contributed by atoms with van der Waals surface area (Å²) in [5.41, 5.74) is 2.13. The molecular formula is C28H26F3N3O3. The fourth-order valence-electron chi connectivity index (χ4n) is 4.91. The lowest BCUT2D eigenvalue weighted by atomic mass is 9.91. The number of fused-ring (bicyclic) bond motifs is 1. The van der Waals surface area contributed by atoms with Crippen LogP contribution < -0.4 is 5.56 Å². The first kappa shape index (κ1) is 25.0. The Labute approximate surface area is 211 Å². The van der Waals surface area contributed by atoms with Crippen molar-refractivity contribution in [3.63, 3.8) is 0 Å². The van der Waals surface area contributed by atoms with Gasteiger partial charge in [-0.2, -0.15) is 13.2 Å². The van der Waals surface area contributed by atoms with Crippen LogP contribution in [0.4, 0.5) is 13.2 Å². The second kappa shape index (κ2) is 8.99. The highest BCUT2D eigenvalue weighted by molar-refractivity contribution is 5.82. The third-order valence-corrected chi connectivity index (χ3v) is 7.26. The molecule has 0 bridgehead atoms. The van der Waals surface area contributed by atoms with Crippen LogP contribution in [0.3, 0.4) is 0 Å². The molecule has 3 aromatic rings. The fraction of sp³-hybridized carbons (Fsp3) is 0.321.